The summed E-state index contributed by atoms with van der Waals surface area (Å²) in [5, 5.41) is 7.61. The summed E-state index contributed by atoms with van der Waals surface area (Å²) in [6.45, 7) is 2.75. The topological polar surface area (TPSA) is 41.6 Å². The van der Waals surface area contributed by atoms with Gasteiger partial charge in [-0.3, -0.25) is 5.01 Å². The second-order valence-electron chi connectivity index (χ2n) is 6.01. The van der Waals surface area contributed by atoms with Gasteiger partial charge < -0.3 is 5.73 Å². The minimum atomic E-state index is 0.657. The number of halogens is 1. The maximum Gasteiger partial charge on any atom is 0.0700 e. The van der Waals surface area contributed by atoms with E-state index in [0.29, 0.717) is 17.3 Å². The fourth-order valence-electron chi connectivity index (χ4n) is 2.78. The highest BCUT2D eigenvalue weighted by Gasteiger charge is 2.12. The van der Waals surface area contributed by atoms with E-state index in [1.807, 2.05) is 53.5 Å². The van der Waals surface area contributed by atoms with Gasteiger partial charge in [-0.25, -0.2) is 0 Å². The summed E-state index contributed by atoms with van der Waals surface area (Å²) in [6, 6.07) is 26.0. The van der Waals surface area contributed by atoms with Crippen LogP contribution in [0.1, 0.15) is 24.5 Å². The smallest absolute Gasteiger partial charge is 0.0700 e. The zero-order chi connectivity index (χ0) is 18.4. The van der Waals surface area contributed by atoms with Crippen molar-refractivity contribution in [3.05, 3.63) is 95.0 Å². The Kier molecular flexibility index (Phi) is 5.92. The molecule has 0 amide bonds. The summed E-state index contributed by atoms with van der Waals surface area (Å²) in [6.07, 6.45) is 0.753. The van der Waals surface area contributed by atoms with Gasteiger partial charge in [0.1, 0.15) is 0 Å². The minimum absolute atomic E-state index is 0.657. The molecule has 0 radical (unpaired) electrons. The lowest BCUT2D eigenvalue weighted by Crippen LogP contribution is -2.19. The summed E-state index contributed by atoms with van der Waals surface area (Å²) in [5.41, 5.74) is 10.9. The van der Waals surface area contributed by atoms with Crippen LogP contribution in [0.25, 0.3) is 0 Å². The molecular weight excluding hydrogens is 342 g/mol. The predicted molar refractivity (Wildman–Crippen MR) is 112 cm³/mol. The van der Waals surface area contributed by atoms with E-state index in [2.05, 4.69) is 31.2 Å². The molecule has 0 aromatic heterocycles. The van der Waals surface area contributed by atoms with Gasteiger partial charge in [0.15, 0.2) is 0 Å². The fourth-order valence-corrected chi connectivity index (χ4v) is 2.95. The molecule has 132 valence electrons. The summed E-state index contributed by atoms with van der Waals surface area (Å²) in [5.74, 6) is 0. The first kappa shape index (κ1) is 18.0. The first-order valence-corrected chi connectivity index (χ1v) is 9.04. The van der Waals surface area contributed by atoms with Crippen molar-refractivity contribution in [1.29, 1.82) is 0 Å². The molecule has 2 N–H and O–H groups in total. The van der Waals surface area contributed by atoms with Gasteiger partial charge in [-0.05, 0) is 42.3 Å². The van der Waals surface area contributed by atoms with Crippen molar-refractivity contribution in [2.75, 3.05) is 10.7 Å². The van der Waals surface area contributed by atoms with Gasteiger partial charge >= 0.3 is 0 Å². The number of benzene rings is 3. The highest BCUT2D eigenvalue weighted by atomic mass is 35.5. The van der Waals surface area contributed by atoms with Gasteiger partial charge in [-0.15, -0.1) is 0 Å². The van der Waals surface area contributed by atoms with Gasteiger partial charge in [-0.2, -0.15) is 5.10 Å². The first-order chi connectivity index (χ1) is 12.7. The maximum atomic E-state index is 6.18. The van der Waals surface area contributed by atoms with Crippen LogP contribution in [0.3, 0.4) is 0 Å². The van der Waals surface area contributed by atoms with Crippen LogP contribution in [0.4, 0.5) is 11.4 Å². The zero-order valence-electron chi connectivity index (χ0n) is 14.8. The van der Waals surface area contributed by atoms with Crippen LogP contribution in [-0.2, 0) is 6.54 Å². The monoisotopic (exact) mass is 363 g/mol. The number of anilines is 2. The summed E-state index contributed by atoms with van der Waals surface area (Å²) in [7, 11) is 0. The van der Waals surface area contributed by atoms with Gasteiger partial charge in [0.25, 0.3) is 0 Å². The minimum Gasteiger partial charge on any atom is -0.398 e. The third kappa shape index (κ3) is 4.44. The van der Waals surface area contributed by atoms with Crippen LogP contribution < -0.4 is 10.7 Å². The molecule has 3 nitrogen and oxygen atoms in total. The molecule has 0 saturated carbocycles. The second-order valence-corrected chi connectivity index (χ2v) is 6.45. The van der Waals surface area contributed by atoms with E-state index in [1.165, 1.54) is 5.56 Å². The fraction of sp³-hybridized carbons (Fsp3) is 0.136. The molecule has 0 fully saturated rings. The van der Waals surface area contributed by atoms with Gasteiger partial charge in [0.2, 0.25) is 0 Å². The van der Waals surface area contributed by atoms with Gasteiger partial charge in [0, 0.05) is 16.3 Å². The van der Waals surface area contributed by atoms with Crippen molar-refractivity contribution < 1.29 is 0 Å². The van der Waals surface area contributed by atoms with Crippen molar-refractivity contribution >= 4 is 28.7 Å². The van der Waals surface area contributed by atoms with Crippen LogP contribution >= 0.6 is 11.6 Å². The average molecular weight is 364 g/mol. The lowest BCUT2D eigenvalue weighted by Gasteiger charge is -2.22. The molecule has 0 spiro atoms. The predicted octanol–water partition coefficient (Wildman–Crippen LogP) is 5.74. The normalized spacial score (nSPS) is 11.4. The van der Waals surface area contributed by atoms with Gasteiger partial charge in [0.05, 0.1) is 17.9 Å². The Balaban J connectivity index is 2.02. The molecule has 0 aliphatic carbocycles. The van der Waals surface area contributed by atoms with Crippen LogP contribution in [0.2, 0.25) is 5.02 Å². The van der Waals surface area contributed by atoms with Crippen LogP contribution in [0.15, 0.2) is 84.0 Å². The Morgan fingerprint density at radius 1 is 0.962 bits per heavy atom. The molecule has 0 aliphatic heterocycles. The van der Waals surface area contributed by atoms with Crippen LogP contribution in [-0.4, -0.2) is 5.71 Å². The Morgan fingerprint density at radius 2 is 1.62 bits per heavy atom. The number of rotatable bonds is 6. The molecule has 0 atom stereocenters. The van der Waals surface area contributed by atoms with Gasteiger partial charge in [-0.1, -0.05) is 67.1 Å². The zero-order valence-corrected chi connectivity index (χ0v) is 15.5. The third-order valence-corrected chi connectivity index (χ3v) is 4.37. The van der Waals surface area contributed by atoms with E-state index in [1.54, 1.807) is 6.07 Å². The lowest BCUT2D eigenvalue weighted by molar-refractivity contribution is 0.850. The summed E-state index contributed by atoms with van der Waals surface area (Å²) < 4.78 is 0. The molecule has 0 bridgehead atoms. The Labute approximate surface area is 159 Å². The molecule has 4 heteroatoms. The number of nitrogen functional groups attached to an aromatic ring is 1. The first-order valence-electron chi connectivity index (χ1n) is 8.66. The van der Waals surface area contributed by atoms with E-state index in [0.717, 1.165) is 23.4 Å². The van der Waals surface area contributed by atoms with E-state index >= 15 is 0 Å². The summed E-state index contributed by atoms with van der Waals surface area (Å²) >= 11 is 6.18. The molecule has 0 saturated heterocycles. The maximum absolute atomic E-state index is 6.18. The number of hydrazone groups is 1. The number of nitrogens with zero attached hydrogens (tertiary/aromatic N) is 2. The van der Waals surface area contributed by atoms with Crippen LogP contribution in [0, 0.1) is 0 Å². The quantitative estimate of drug-likeness (QED) is 0.344. The third-order valence-electron chi connectivity index (χ3n) is 4.13. The molecule has 0 aliphatic rings. The molecule has 3 aromatic carbocycles. The van der Waals surface area contributed by atoms with Crippen molar-refractivity contribution in [3.8, 4) is 0 Å². The largest absolute Gasteiger partial charge is 0.398 e. The number of nitrogens with two attached hydrogens (primary N) is 1. The van der Waals surface area contributed by atoms with E-state index in [9.17, 15) is 0 Å². The molecule has 26 heavy (non-hydrogen) atoms. The average Bonchev–Trinajstić information content (AvgIpc) is 2.68. The second kappa shape index (κ2) is 8.54. The lowest BCUT2D eigenvalue weighted by atomic mass is 10.1. The van der Waals surface area contributed by atoms with E-state index < -0.39 is 0 Å². The Morgan fingerprint density at radius 3 is 2.27 bits per heavy atom. The molecule has 3 aromatic rings. The Hall–Kier alpha value is -2.78. The highest BCUT2D eigenvalue weighted by Crippen LogP contribution is 2.23. The molecule has 3 rings (SSSR count). The highest BCUT2D eigenvalue weighted by molar-refractivity contribution is 6.31. The molecular formula is C22H22ClN3. The molecule has 0 heterocycles. The number of hydrogen-bond donors (Lipinski definition) is 1. The number of para-hydroxylation sites is 1. The van der Waals surface area contributed by atoms with Crippen molar-refractivity contribution in [2.45, 2.75) is 19.9 Å². The van der Waals surface area contributed by atoms with Crippen LogP contribution in [0.5, 0.6) is 0 Å². The Bertz CT molecular complexity index is 876. The number of hydrogen-bond acceptors (Lipinski definition) is 3. The van der Waals surface area contributed by atoms with Crippen molar-refractivity contribution in [3.63, 3.8) is 0 Å². The standard InChI is InChI=1S/C22H22ClN3/c1-2-22(20-15-18(23)13-14-21(20)24)25-26(19-11-7-4-8-12-19)16-17-9-5-3-6-10-17/h3-15H,2,16,24H2,1H3/b25-22+. The van der Waals surface area contributed by atoms with E-state index in [4.69, 9.17) is 22.4 Å². The summed E-state index contributed by atoms with van der Waals surface area (Å²) in [4.78, 5) is 0. The van der Waals surface area contributed by atoms with E-state index in [-0.39, 0.29) is 0 Å². The van der Waals surface area contributed by atoms with Crippen molar-refractivity contribution in [1.82, 2.24) is 0 Å². The van der Waals surface area contributed by atoms with Crippen molar-refractivity contribution in [2.24, 2.45) is 5.10 Å². The molecule has 0 unspecified atom stereocenters. The SMILES string of the molecule is CC/C(=N\N(Cc1ccccc1)c1ccccc1)c1cc(Cl)ccc1N.